The first-order valence-electron chi connectivity index (χ1n) is 6.38. The van der Waals surface area contributed by atoms with E-state index in [0.717, 1.165) is 11.5 Å². The van der Waals surface area contributed by atoms with Crippen LogP contribution in [0.2, 0.25) is 0 Å². The lowest BCUT2D eigenvalue weighted by Gasteiger charge is -2.17. The highest BCUT2D eigenvalue weighted by atomic mass is 16.2. The van der Waals surface area contributed by atoms with Gasteiger partial charge in [0.25, 0.3) is 5.91 Å². The van der Waals surface area contributed by atoms with Crippen molar-refractivity contribution < 1.29 is 4.79 Å². The maximum absolute atomic E-state index is 12.5. The monoisotopic (exact) mass is 256 g/mol. The number of aromatic nitrogens is 3. The molecule has 0 N–H and O–H groups in total. The molecule has 0 saturated heterocycles. The topological polar surface area (TPSA) is 51.0 Å². The Morgan fingerprint density at radius 2 is 2.21 bits per heavy atom. The van der Waals surface area contributed by atoms with E-state index in [4.69, 9.17) is 0 Å². The van der Waals surface area contributed by atoms with Crippen molar-refractivity contribution in [3.8, 4) is 0 Å². The fourth-order valence-electron chi connectivity index (χ4n) is 2.18. The van der Waals surface area contributed by atoms with Gasteiger partial charge in [-0.25, -0.2) is 4.98 Å². The first-order chi connectivity index (χ1) is 9.18. The highest BCUT2D eigenvalue weighted by Crippen LogP contribution is 2.39. The number of carbonyl (C=O) groups is 1. The number of nitrogens with zero attached hydrogens (tertiary/aromatic N) is 4. The summed E-state index contributed by atoms with van der Waals surface area (Å²) in [5.41, 5.74) is 1.40. The second-order valence-corrected chi connectivity index (χ2v) is 4.91. The second-order valence-electron chi connectivity index (χ2n) is 4.91. The summed E-state index contributed by atoms with van der Waals surface area (Å²) in [6, 6.07) is 3.68. The van der Waals surface area contributed by atoms with Crippen LogP contribution in [-0.2, 0) is 7.05 Å². The molecule has 0 aromatic carbocycles. The zero-order valence-electron chi connectivity index (χ0n) is 11.1. The van der Waals surface area contributed by atoms with Crippen molar-refractivity contribution in [2.45, 2.75) is 18.8 Å². The molecule has 1 aliphatic carbocycles. The van der Waals surface area contributed by atoms with Gasteiger partial charge in [0.15, 0.2) is 0 Å². The Hall–Kier alpha value is -2.17. The lowest BCUT2D eigenvalue weighted by atomic mass is 10.3. The molecule has 0 atom stereocenters. The molecule has 1 fully saturated rings. The van der Waals surface area contributed by atoms with E-state index in [1.54, 1.807) is 30.5 Å². The fourth-order valence-corrected chi connectivity index (χ4v) is 2.18. The Morgan fingerprint density at radius 1 is 1.42 bits per heavy atom. The highest BCUT2D eigenvalue weighted by Gasteiger charge is 2.30. The lowest BCUT2D eigenvalue weighted by Crippen LogP contribution is -2.28. The summed E-state index contributed by atoms with van der Waals surface area (Å²) in [6.07, 6.45) is 7.39. The van der Waals surface area contributed by atoms with Gasteiger partial charge in [0.2, 0.25) is 0 Å². The lowest BCUT2D eigenvalue weighted by molar-refractivity contribution is 0.0985. The number of imidazole rings is 1. The van der Waals surface area contributed by atoms with Crippen molar-refractivity contribution in [3.63, 3.8) is 0 Å². The van der Waals surface area contributed by atoms with Crippen LogP contribution in [0.5, 0.6) is 0 Å². The predicted octanol–water partition coefficient (Wildman–Crippen LogP) is 1.97. The van der Waals surface area contributed by atoms with Gasteiger partial charge in [-0.15, -0.1) is 0 Å². The zero-order valence-corrected chi connectivity index (χ0v) is 11.1. The molecule has 0 radical (unpaired) electrons. The summed E-state index contributed by atoms with van der Waals surface area (Å²) in [5.74, 6) is 1.49. The van der Waals surface area contributed by atoms with Gasteiger partial charge in [-0.2, -0.15) is 0 Å². The highest BCUT2D eigenvalue weighted by molar-refractivity contribution is 6.04. The molecule has 2 aromatic heterocycles. The summed E-state index contributed by atoms with van der Waals surface area (Å²) in [7, 11) is 3.66. The van der Waals surface area contributed by atoms with Crippen LogP contribution in [0.3, 0.4) is 0 Å². The standard InChI is InChI=1S/C14H16N4O/c1-17(11-4-3-7-15-8-11)14(19)12-9-16-13(18(12)2)10-5-6-10/h3-4,7-10H,5-6H2,1-2H3. The van der Waals surface area contributed by atoms with Crippen molar-refractivity contribution in [1.29, 1.82) is 0 Å². The van der Waals surface area contributed by atoms with Crippen LogP contribution in [0.1, 0.15) is 35.1 Å². The smallest absolute Gasteiger partial charge is 0.276 e. The number of anilines is 1. The third-order valence-corrected chi connectivity index (χ3v) is 3.52. The van der Waals surface area contributed by atoms with Crippen LogP contribution in [-0.4, -0.2) is 27.5 Å². The van der Waals surface area contributed by atoms with Crippen LogP contribution in [0.25, 0.3) is 0 Å². The third kappa shape index (κ3) is 2.12. The van der Waals surface area contributed by atoms with E-state index >= 15 is 0 Å². The van der Waals surface area contributed by atoms with E-state index in [1.807, 2.05) is 23.7 Å². The van der Waals surface area contributed by atoms with Gasteiger partial charge in [0.1, 0.15) is 11.5 Å². The predicted molar refractivity (Wildman–Crippen MR) is 72.2 cm³/mol. The van der Waals surface area contributed by atoms with E-state index in [0.29, 0.717) is 11.6 Å². The van der Waals surface area contributed by atoms with Crippen LogP contribution in [0.4, 0.5) is 5.69 Å². The normalized spacial score (nSPS) is 14.4. The molecule has 3 rings (SSSR count). The maximum atomic E-state index is 12.5. The van der Waals surface area contributed by atoms with Crippen LogP contribution in [0, 0.1) is 0 Å². The van der Waals surface area contributed by atoms with Gasteiger partial charge in [0.05, 0.1) is 18.1 Å². The minimum atomic E-state index is -0.0603. The fraction of sp³-hybridized carbons (Fsp3) is 0.357. The third-order valence-electron chi connectivity index (χ3n) is 3.52. The summed E-state index contributed by atoms with van der Waals surface area (Å²) < 4.78 is 1.91. The molecule has 98 valence electrons. The molecule has 0 unspecified atom stereocenters. The van der Waals surface area contributed by atoms with Crippen molar-refractivity contribution in [3.05, 3.63) is 42.2 Å². The number of carbonyl (C=O) groups excluding carboxylic acids is 1. The Balaban J connectivity index is 1.87. The van der Waals surface area contributed by atoms with Crippen LogP contribution in [0.15, 0.2) is 30.7 Å². The number of pyridine rings is 1. The minimum Gasteiger partial charge on any atom is -0.327 e. The van der Waals surface area contributed by atoms with Gasteiger partial charge in [0, 0.05) is 26.2 Å². The number of amides is 1. The molecule has 5 heteroatoms. The quantitative estimate of drug-likeness (QED) is 0.843. The van der Waals surface area contributed by atoms with E-state index < -0.39 is 0 Å². The molecule has 0 bridgehead atoms. The molecular formula is C14H16N4O. The van der Waals surface area contributed by atoms with Crippen LogP contribution < -0.4 is 4.90 Å². The average molecular weight is 256 g/mol. The van der Waals surface area contributed by atoms with Gasteiger partial charge in [-0.3, -0.25) is 9.78 Å². The minimum absolute atomic E-state index is 0.0603. The number of hydrogen-bond donors (Lipinski definition) is 0. The Bertz CT molecular complexity index is 601. The molecule has 1 saturated carbocycles. The molecule has 19 heavy (non-hydrogen) atoms. The van der Waals surface area contributed by atoms with Gasteiger partial charge >= 0.3 is 0 Å². The first-order valence-corrected chi connectivity index (χ1v) is 6.38. The molecule has 1 amide bonds. The summed E-state index contributed by atoms with van der Waals surface area (Å²) in [6.45, 7) is 0. The largest absolute Gasteiger partial charge is 0.327 e. The number of hydrogen-bond acceptors (Lipinski definition) is 3. The summed E-state index contributed by atoms with van der Waals surface area (Å²) in [4.78, 5) is 22.5. The molecule has 0 spiro atoms. The Labute approximate surface area is 111 Å². The van der Waals surface area contributed by atoms with E-state index in [1.165, 1.54) is 12.8 Å². The van der Waals surface area contributed by atoms with Crippen molar-refractivity contribution >= 4 is 11.6 Å². The van der Waals surface area contributed by atoms with E-state index in [9.17, 15) is 4.79 Å². The SMILES string of the molecule is CN(C(=O)c1cnc(C2CC2)n1C)c1cccnc1. The van der Waals surface area contributed by atoms with Gasteiger partial charge < -0.3 is 9.47 Å². The van der Waals surface area contributed by atoms with Crippen LogP contribution >= 0.6 is 0 Å². The molecule has 2 heterocycles. The van der Waals surface area contributed by atoms with Crippen molar-refractivity contribution in [2.75, 3.05) is 11.9 Å². The Morgan fingerprint density at radius 3 is 2.84 bits per heavy atom. The molecular weight excluding hydrogens is 240 g/mol. The number of rotatable bonds is 3. The average Bonchev–Trinajstić information content (AvgIpc) is 3.21. The summed E-state index contributed by atoms with van der Waals surface area (Å²) in [5, 5.41) is 0. The summed E-state index contributed by atoms with van der Waals surface area (Å²) >= 11 is 0. The molecule has 5 nitrogen and oxygen atoms in total. The van der Waals surface area contributed by atoms with Crippen molar-refractivity contribution in [1.82, 2.24) is 14.5 Å². The molecule has 0 aliphatic heterocycles. The first kappa shape index (κ1) is 11.9. The van der Waals surface area contributed by atoms with Gasteiger partial charge in [-0.05, 0) is 25.0 Å². The molecule has 1 aliphatic rings. The maximum Gasteiger partial charge on any atom is 0.276 e. The van der Waals surface area contributed by atoms with E-state index in [-0.39, 0.29) is 5.91 Å². The zero-order chi connectivity index (χ0) is 13.4. The Kier molecular flexibility index (Phi) is 2.81. The second kappa shape index (κ2) is 4.50. The van der Waals surface area contributed by atoms with E-state index in [2.05, 4.69) is 9.97 Å². The molecule has 2 aromatic rings. The van der Waals surface area contributed by atoms with Crippen molar-refractivity contribution in [2.24, 2.45) is 7.05 Å². The van der Waals surface area contributed by atoms with Gasteiger partial charge in [-0.1, -0.05) is 0 Å².